The van der Waals surface area contributed by atoms with E-state index in [0.717, 1.165) is 44.4 Å². The molecule has 0 bridgehead atoms. The minimum Gasteiger partial charge on any atom is -0.339 e. The Morgan fingerprint density at radius 1 is 1.31 bits per heavy atom. The number of rotatable bonds is 5. The van der Waals surface area contributed by atoms with Crippen LogP contribution in [0.2, 0.25) is 0 Å². The molecule has 2 aromatic rings. The van der Waals surface area contributed by atoms with Crippen molar-refractivity contribution in [2.75, 3.05) is 32.7 Å². The van der Waals surface area contributed by atoms with E-state index in [1.165, 1.54) is 18.5 Å². The molecule has 26 heavy (non-hydrogen) atoms. The molecule has 2 fully saturated rings. The fourth-order valence-corrected chi connectivity index (χ4v) is 4.79. The van der Waals surface area contributed by atoms with E-state index in [9.17, 15) is 0 Å². The standard InChI is InChI=1S/C20H29N5O/c1-15(2)10-24-8-6-18-12-25(11-17-5-4-7-21-9-17)14-20(18,13-24)19-22-16(3)23-26-19/h4-5,7,9,15,18H,6,8,10-14H2,1-3H3/t18-,20-/m0/s1. The topological polar surface area (TPSA) is 58.3 Å². The molecule has 2 atom stereocenters. The van der Waals surface area contributed by atoms with Crippen LogP contribution in [0.4, 0.5) is 0 Å². The zero-order valence-corrected chi connectivity index (χ0v) is 16.1. The molecule has 0 amide bonds. The van der Waals surface area contributed by atoms with Crippen LogP contribution in [0.25, 0.3) is 0 Å². The van der Waals surface area contributed by atoms with Crippen LogP contribution < -0.4 is 0 Å². The van der Waals surface area contributed by atoms with Gasteiger partial charge in [0.05, 0.1) is 5.41 Å². The Balaban J connectivity index is 1.59. The first kappa shape index (κ1) is 17.6. The number of nitrogens with zero attached hydrogens (tertiary/aromatic N) is 5. The van der Waals surface area contributed by atoms with E-state index in [1.807, 2.05) is 25.4 Å². The van der Waals surface area contributed by atoms with Gasteiger partial charge in [-0.05, 0) is 43.4 Å². The van der Waals surface area contributed by atoms with E-state index < -0.39 is 0 Å². The van der Waals surface area contributed by atoms with Crippen LogP contribution in [0.5, 0.6) is 0 Å². The Morgan fingerprint density at radius 2 is 2.15 bits per heavy atom. The van der Waals surface area contributed by atoms with E-state index in [2.05, 4.69) is 44.8 Å². The summed E-state index contributed by atoms with van der Waals surface area (Å²) in [6, 6.07) is 4.17. The summed E-state index contributed by atoms with van der Waals surface area (Å²) >= 11 is 0. The summed E-state index contributed by atoms with van der Waals surface area (Å²) in [6.07, 6.45) is 4.99. The summed E-state index contributed by atoms with van der Waals surface area (Å²) in [6.45, 7) is 12.8. The lowest BCUT2D eigenvalue weighted by Crippen LogP contribution is -2.52. The summed E-state index contributed by atoms with van der Waals surface area (Å²) in [5.74, 6) is 2.81. The quantitative estimate of drug-likeness (QED) is 0.821. The first-order valence-corrected chi connectivity index (χ1v) is 9.69. The molecule has 2 aliphatic rings. The van der Waals surface area contributed by atoms with Gasteiger partial charge in [0.25, 0.3) is 0 Å². The zero-order chi connectivity index (χ0) is 18.1. The SMILES string of the molecule is Cc1noc([C@]23CN(CC(C)C)CC[C@H]2CN(Cc2cccnc2)C3)n1. The van der Waals surface area contributed by atoms with Crippen LogP contribution in [0, 0.1) is 18.8 Å². The van der Waals surface area contributed by atoms with E-state index >= 15 is 0 Å². The average Bonchev–Trinajstić information content (AvgIpc) is 3.19. The second kappa shape index (κ2) is 7.08. The molecular formula is C20H29N5O. The van der Waals surface area contributed by atoms with E-state index in [1.54, 1.807) is 0 Å². The van der Waals surface area contributed by atoms with Gasteiger partial charge in [-0.3, -0.25) is 9.88 Å². The number of piperidine rings is 1. The van der Waals surface area contributed by atoms with Crippen molar-refractivity contribution in [3.8, 4) is 0 Å². The fourth-order valence-electron chi connectivity index (χ4n) is 4.79. The third-order valence-electron chi connectivity index (χ3n) is 5.77. The van der Waals surface area contributed by atoms with Gasteiger partial charge in [0.2, 0.25) is 5.89 Å². The Labute approximate surface area is 155 Å². The summed E-state index contributed by atoms with van der Waals surface area (Å²) in [4.78, 5) is 14.1. The molecule has 0 unspecified atom stereocenters. The van der Waals surface area contributed by atoms with Gasteiger partial charge in [0.15, 0.2) is 5.82 Å². The van der Waals surface area contributed by atoms with Gasteiger partial charge in [0.1, 0.15) is 0 Å². The Morgan fingerprint density at radius 3 is 2.85 bits per heavy atom. The van der Waals surface area contributed by atoms with Crippen LogP contribution in [0.15, 0.2) is 29.0 Å². The second-order valence-electron chi connectivity index (χ2n) is 8.45. The number of fused-ring (bicyclic) bond motifs is 1. The van der Waals surface area contributed by atoms with Crippen molar-refractivity contribution in [3.05, 3.63) is 41.8 Å². The summed E-state index contributed by atoms with van der Waals surface area (Å²) in [7, 11) is 0. The highest BCUT2D eigenvalue weighted by Crippen LogP contribution is 2.44. The predicted octanol–water partition coefficient (Wildman–Crippen LogP) is 2.50. The van der Waals surface area contributed by atoms with Crippen molar-refractivity contribution in [1.82, 2.24) is 24.9 Å². The van der Waals surface area contributed by atoms with Crippen molar-refractivity contribution in [1.29, 1.82) is 0 Å². The Hall–Kier alpha value is -1.79. The van der Waals surface area contributed by atoms with Gasteiger partial charge in [-0.1, -0.05) is 25.1 Å². The smallest absolute Gasteiger partial charge is 0.235 e. The molecule has 0 aromatic carbocycles. The number of aromatic nitrogens is 3. The van der Waals surface area contributed by atoms with Gasteiger partial charge in [-0.15, -0.1) is 0 Å². The monoisotopic (exact) mass is 355 g/mol. The molecular weight excluding hydrogens is 326 g/mol. The van der Waals surface area contributed by atoms with Crippen LogP contribution in [-0.2, 0) is 12.0 Å². The summed E-state index contributed by atoms with van der Waals surface area (Å²) in [5, 5.41) is 4.11. The molecule has 2 saturated heterocycles. The number of pyridine rings is 1. The van der Waals surface area contributed by atoms with Crippen LogP contribution in [0.3, 0.4) is 0 Å². The molecule has 4 rings (SSSR count). The van der Waals surface area contributed by atoms with Crippen molar-refractivity contribution in [3.63, 3.8) is 0 Å². The molecule has 2 aromatic heterocycles. The number of hydrogen-bond donors (Lipinski definition) is 0. The lowest BCUT2D eigenvalue weighted by Gasteiger charge is -2.42. The third kappa shape index (κ3) is 3.40. The van der Waals surface area contributed by atoms with Crippen molar-refractivity contribution in [2.45, 2.75) is 39.2 Å². The molecule has 0 saturated carbocycles. The number of likely N-dealkylation sites (tertiary alicyclic amines) is 2. The predicted molar refractivity (Wildman–Crippen MR) is 99.6 cm³/mol. The molecule has 0 N–H and O–H groups in total. The van der Waals surface area contributed by atoms with Gasteiger partial charge >= 0.3 is 0 Å². The highest BCUT2D eigenvalue weighted by molar-refractivity contribution is 5.19. The van der Waals surface area contributed by atoms with Gasteiger partial charge in [-0.25, -0.2) is 0 Å². The minimum absolute atomic E-state index is 0.0450. The Bertz CT molecular complexity index is 731. The largest absolute Gasteiger partial charge is 0.339 e. The van der Waals surface area contributed by atoms with Crippen molar-refractivity contribution in [2.24, 2.45) is 11.8 Å². The maximum Gasteiger partial charge on any atom is 0.235 e. The van der Waals surface area contributed by atoms with Crippen molar-refractivity contribution < 1.29 is 4.52 Å². The third-order valence-corrected chi connectivity index (χ3v) is 5.77. The van der Waals surface area contributed by atoms with E-state index in [-0.39, 0.29) is 5.41 Å². The molecule has 2 aliphatic heterocycles. The molecule has 0 aliphatic carbocycles. The van der Waals surface area contributed by atoms with E-state index in [0.29, 0.717) is 11.8 Å². The fraction of sp³-hybridized carbons (Fsp3) is 0.650. The van der Waals surface area contributed by atoms with Crippen LogP contribution in [0.1, 0.15) is 37.5 Å². The second-order valence-corrected chi connectivity index (χ2v) is 8.45. The lowest BCUT2D eigenvalue weighted by molar-refractivity contribution is 0.0844. The average molecular weight is 355 g/mol. The molecule has 0 radical (unpaired) electrons. The van der Waals surface area contributed by atoms with Crippen LogP contribution in [-0.4, -0.2) is 57.6 Å². The number of hydrogen-bond acceptors (Lipinski definition) is 6. The first-order valence-electron chi connectivity index (χ1n) is 9.69. The van der Waals surface area contributed by atoms with Gasteiger partial charge < -0.3 is 9.42 Å². The summed E-state index contributed by atoms with van der Waals surface area (Å²) < 4.78 is 5.73. The molecule has 6 heteroatoms. The lowest BCUT2D eigenvalue weighted by atomic mass is 9.73. The van der Waals surface area contributed by atoms with E-state index in [4.69, 9.17) is 4.52 Å². The normalized spacial score (nSPS) is 27.2. The van der Waals surface area contributed by atoms with Gasteiger partial charge in [0, 0.05) is 45.1 Å². The summed E-state index contributed by atoms with van der Waals surface area (Å²) in [5.41, 5.74) is 1.22. The van der Waals surface area contributed by atoms with Gasteiger partial charge in [-0.2, -0.15) is 4.98 Å². The first-order chi connectivity index (χ1) is 12.5. The number of aryl methyl sites for hydroxylation is 1. The zero-order valence-electron chi connectivity index (χ0n) is 16.1. The molecule has 0 spiro atoms. The molecule has 4 heterocycles. The molecule has 6 nitrogen and oxygen atoms in total. The highest BCUT2D eigenvalue weighted by atomic mass is 16.5. The minimum atomic E-state index is -0.0450. The van der Waals surface area contributed by atoms with Crippen LogP contribution >= 0.6 is 0 Å². The Kier molecular flexibility index (Phi) is 4.80. The molecule has 140 valence electrons. The highest BCUT2D eigenvalue weighted by Gasteiger charge is 2.54. The maximum atomic E-state index is 5.73. The van der Waals surface area contributed by atoms with Crippen molar-refractivity contribution >= 4 is 0 Å². The maximum absolute atomic E-state index is 5.73.